The van der Waals surface area contributed by atoms with E-state index >= 15 is 0 Å². The van der Waals surface area contributed by atoms with Crippen molar-refractivity contribution in [3.8, 4) is 0 Å². The minimum absolute atomic E-state index is 0.00730. The summed E-state index contributed by atoms with van der Waals surface area (Å²) >= 11 is 1.63. The first-order valence-corrected chi connectivity index (χ1v) is 8.70. The van der Waals surface area contributed by atoms with E-state index in [-0.39, 0.29) is 17.9 Å². The third kappa shape index (κ3) is 4.91. The molecule has 0 radical (unpaired) electrons. The van der Waals surface area contributed by atoms with E-state index in [1.807, 2.05) is 48.5 Å². The number of nitrogens with zero attached hydrogens (tertiary/aromatic N) is 1. The van der Waals surface area contributed by atoms with Crippen LogP contribution >= 0.6 is 11.3 Å². The molecule has 5 nitrogen and oxygen atoms in total. The maximum absolute atomic E-state index is 12.3. The summed E-state index contributed by atoms with van der Waals surface area (Å²) in [6.07, 6.45) is 0. The number of amides is 2. The highest BCUT2D eigenvalue weighted by Crippen LogP contribution is 2.10. The largest absolute Gasteiger partial charge is 0.355 e. The summed E-state index contributed by atoms with van der Waals surface area (Å²) in [5.41, 5.74) is 1.69. The Labute approximate surface area is 146 Å². The lowest BCUT2D eigenvalue weighted by Crippen LogP contribution is -2.42. The highest BCUT2D eigenvalue weighted by molar-refractivity contribution is 7.09. The molecule has 2 amide bonds. The smallest absolute Gasteiger partial charge is 0.251 e. The van der Waals surface area contributed by atoms with Crippen molar-refractivity contribution in [2.24, 2.45) is 0 Å². The van der Waals surface area contributed by atoms with Gasteiger partial charge in [-0.25, -0.2) is 0 Å². The third-order valence-corrected chi connectivity index (χ3v) is 4.81. The molecule has 0 aliphatic heterocycles. The molecule has 2 N–H and O–H groups in total. The third-order valence-electron chi connectivity index (χ3n) is 3.93. The minimum atomic E-state index is -0.233. The van der Waals surface area contributed by atoms with Gasteiger partial charge in [0.15, 0.2) is 0 Å². The van der Waals surface area contributed by atoms with Crippen molar-refractivity contribution in [1.82, 2.24) is 15.5 Å². The zero-order chi connectivity index (χ0) is 17.5. The monoisotopic (exact) mass is 345 g/mol. The Kier molecular flexibility index (Phi) is 6.52. The molecule has 0 saturated heterocycles. The van der Waals surface area contributed by atoms with E-state index < -0.39 is 0 Å². The van der Waals surface area contributed by atoms with Gasteiger partial charge < -0.3 is 10.6 Å². The summed E-state index contributed by atoms with van der Waals surface area (Å²) in [6, 6.07) is 11.2. The molecule has 6 heteroatoms. The van der Waals surface area contributed by atoms with Gasteiger partial charge in [0.05, 0.1) is 12.6 Å². The standard InChI is InChI=1S/C18H23N3O2S/c1-13(17(22)20-11-16-5-4-10-24-16)21(3)12-14-6-8-15(9-7-14)18(23)19-2/h4-10,13H,11-12H2,1-3H3,(H,19,23)(H,20,22). The van der Waals surface area contributed by atoms with E-state index in [0.29, 0.717) is 18.7 Å². The van der Waals surface area contributed by atoms with Gasteiger partial charge in [-0.05, 0) is 43.1 Å². The quantitative estimate of drug-likeness (QED) is 0.809. The van der Waals surface area contributed by atoms with Crippen LogP contribution in [0.4, 0.5) is 0 Å². The van der Waals surface area contributed by atoms with Crippen molar-refractivity contribution >= 4 is 23.2 Å². The molecule has 0 spiro atoms. The van der Waals surface area contributed by atoms with Crippen LogP contribution in [0.15, 0.2) is 41.8 Å². The van der Waals surface area contributed by atoms with Crippen molar-refractivity contribution in [2.45, 2.75) is 26.1 Å². The van der Waals surface area contributed by atoms with Crippen LogP contribution in [0.3, 0.4) is 0 Å². The van der Waals surface area contributed by atoms with Crippen LogP contribution in [0.25, 0.3) is 0 Å². The normalized spacial score (nSPS) is 12.0. The first-order chi connectivity index (χ1) is 11.5. The van der Waals surface area contributed by atoms with Crippen LogP contribution in [0.2, 0.25) is 0 Å². The first-order valence-electron chi connectivity index (χ1n) is 7.82. The molecule has 0 aliphatic rings. The molecule has 2 aromatic rings. The van der Waals surface area contributed by atoms with Gasteiger partial charge in [0.2, 0.25) is 5.91 Å². The molecule has 0 fully saturated rings. The van der Waals surface area contributed by atoms with E-state index in [4.69, 9.17) is 0 Å². The number of hydrogen-bond donors (Lipinski definition) is 2. The number of thiophene rings is 1. The van der Waals surface area contributed by atoms with E-state index in [1.54, 1.807) is 30.5 Å². The van der Waals surface area contributed by atoms with Gasteiger partial charge in [0.1, 0.15) is 0 Å². The zero-order valence-corrected chi connectivity index (χ0v) is 15.0. The molecule has 0 aliphatic carbocycles. The van der Waals surface area contributed by atoms with E-state index in [9.17, 15) is 9.59 Å². The number of carbonyl (C=O) groups is 2. The lowest BCUT2D eigenvalue weighted by molar-refractivity contribution is -0.125. The van der Waals surface area contributed by atoms with Gasteiger partial charge in [-0.1, -0.05) is 18.2 Å². The molecule has 1 heterocycles. The summed E-state index contributed by atoms with van der Waals surface area (Å²) < 4.78 is 0. The maximum atomic E-state index is 12.3. The topological polar surface area (TPSA) is 61.4 Å². The number of benzene rings is 1. The Morgan fingerprint density at radius 2 is 1.92 bits per heavy atom. The molecule has 128 valence electrons. The Bertz CT molecular complexity index is 668. The fraction of sp³-hybridized carbons (Fsp3) is 0.333. The van der Waals surface area contributed by atoms with Crippen LogP contribution in [-0.2, 0) is 17.9 Å². The van der Waals surface area contributed by atoms with Gasteiger partial charge in [-0.2, -0.15) is 0 Å². The lowest BCUT2D eigenvalue weighted by Gasteiger charge is -2.24. The van der Waals surface area contributed by atoms with Crippen LogP contribution < -0.4 is 10.6 Å². The fourth-order valence-corrected chi connectivity index (χ4v) is 2.91. The second-order valence-corrected chi connectivity index (χ2v) is 6.70. The van der Waals surface area contributed by atoms with Crippen LogP contribution in [0.1, 0.15) is 27.7 Å². The van der Waals surface area contributed by atoms with Crippen LogP contribution in [-0.4, -0.2) is 36.9 Å². The second kappa shape index (κ2) is 8.61. The van der Waals surface area contributed by atoms with Crippen molar-refractivity contribution in [3.05, 3.63) is 57.8 Å². The molecule has 1 aromatic carbocycles. The molecule has 24 heavy (non-hydrogen) atoms. The zero-order valence-electron chi connectivity index (χ0n) is 14.2. The van der Waals surface area contributed by atoms with Crippen LogP contribution in [0.5, 0.6) is 0 Å². The Balaban J connectivity index is 1.87. The summed E-state index contributed by atoms with van der Waals surface area (Å²) in [4.78, 5) is 26.9. The lowest BCUT2D eigenvalue weighted by atomic mass is 10.1. The summed E-state index contributed by atoms with van der Waals surface area (Å²) in [6.45, 7) is 3.10. The molecule has 0 saturated carbocycles. The van der Waals surface area contributed by atoms with Gasteiger partial charge in [0, 0.05) is 24.0 Å². The Morgan fingerprint density at radius 3 is 2.50 bits per heavy atom. The highest BCUT2D eigenvalue weighted by Gasteiger charge is 2.18. The molecule has 0 bridgehead atoms. The Hall–Kier alpha value is -2.18. The fourth-order valence-electron chi connectivity index (χ4n) is 2.27. The molecular weight excluding hydrogens is 322 g/mol. The maximum Gasteiger partial charge on any atom is 0.251 e. The van der Waals surface area contributed by atoms with Gasteiger partial charge in [0.25, 0.3) is 5.91 Å². The van der Waals surface area contributed by atoms with Crippen molar-refractivity contribution < 1.29 is 9.59 Å². The predicted octanol–water partition coefficient (Wildman–Crippen LogP) is 2.24. The minimum Gasteiger partial charge on any atom is -0.355 e. The van der Waals surface area contributed by atoms with E-state index in [1.165, 1.54) is 0 Å². The average molecular weight is 345 g/mol. The number of rotatable bonds is 7. The summed E-state index contributed by atoms with van der Waals surface area (Å²) in [5, 5.41) is 7.56. The molecule has 2 rings (SSSR count). The molecule has 1 unspecified atom stereocenters. The van der Waals surface area contributed by atoms with Crippen molar-refractivity contribution in [3.63, 3.8) is 0 Å². The summed E-state index contributed by atoms with van der Waals surface area (Å²) in [5.74, 6) is -0.0934. The van der Waals surface area contributed by atoms with Gasteiger partial charge in [-0.15, -0.1) is 11.3 Å². The number of hydrogen-bond acceptors (Lipinski definition) is 4. The number of nitrogens with one attached hydrogen (secondary N) is 2. The Morgan fingerprint density at radius 1 is 1.21 bits per heavy atom. The second-order valence-electron chi connectivity index (χ2n) is 5.66. The SMILES string of the molecule is CNC(=O)c1ccc(CN(C)C(C)C(=O)NCc2cccs2)cc1. The first kappa shape index (κ1) is 18.2. The molecule has 1 atom stereocenters. The predicted molar refractivity (Wildman–Crippen MR) is 96.9 cm³/mol. The van der Waals surface area contributed by atoms with E-state index in [2.05, 4.69) is 10.6 Å². The van der Waals surface area contributed by atoms with Crippen molar-refractivity contribution in [1.29, 1.82) is 0 Å². The molecule has 1 aromatic heterocycles. The van der Waals surface area contributed by atoms with E-state index in [0.717, 1.165) is 10.4 Å². The van der Waals surface area contributed by atoms with Gasteiger partial charge >= 0.3 is 0 Å². The highest BCUT2D eigenvalue weighted by atomic mass is 32.1. The van der Waals surface area contributed by atoms with Gasteiger partial charge in [-0.3, -0.25) is 14.5 Å². The number of carbonyl (C=O) groups excluding carboxylic acids is 2. The summed E-state index contributed by atoms with van der Waals surface area (Å²) in [7, 11) is 3.53. The van der Waals surface area contributed by atoms with Crippen LogP contribution in [0, 0.1) is 0 Å². The van der Waals surface area contributed by atoms with Crippen molar-refractivity contribution in [2.75, 3.05) is 14.1 Å². The number of likely N-dealkylation sites (N-methyl/N-ethyl adjacent to an activating group) is 1. The molecular formula is C18H23N3O2S. The average Bonchev–Trinajstić information content (AvgIpc) is 3.12.